The predicted octanol–water partition coefficient (Wildman–Crippen LogP) is 29.1. The lowest BCUT2D eigenvalue weighted by molar-refractivity contribution is 0.329. The second-order valence-electron chi connectivity index (χ2n) is 37.5. The highest BCUT2D eigenvalue weighted by Crippen LogP contribution is 2.60. The Bertz CT molecular complexity index is 6640. The van der Waals surface area contributed by atoms with Crippen molar-refractivity contribution in [2.24, 2.45) is 28.6 Å². The standard InChI is InChI=1S/C114H99BN4/c1-113(2,3)84-59-79-53-54-80-60-85(114(4,5)6)68-97-92(66-83(61-84)108(79)109(80)97)78-55-57-98-104(67-78)118(111-93(74-37-17-9-18-38-74)62-81(72-33-13-7-14-34-72)63-94(111)75-39-19-10-20-40-75)106-70-87(117-102-51-31-27-47-90(102)91-48-28-32-52-103(91)117)71-107-110(106)115(98)99-58-56-86(116-100-49-29-25-45-88(100)89-46-26-30-50-101(89)116)69-105(99)119(107)112-95(76-41-21-11-22-42-76)64-82(73-35-15-8-16-36-73)65-96(112)77-43-23-12-24-44-77/h9-12,17-32,37-59,61-73,80,108-109H,7-8,13-16,33-36,60H2,1-6H3. The van der Waals surface area contributed by atoms with Gasteiger partial charge in [0.05, 0.1) is 39.1 Å². The number of hydrogen-bond acceptors (Lipinski definition) is 2. The smallest absolute Gasteiger partial charge is 0.252 e. The summed E-state index contributed by atoms with van der Waals surface area (Å²) in [5.41, 5.74) is 40.2. The Balaban J connectivity index is 0.908. The van der Waals surface area contributed by atoms with Gasteiger partial charge in [0, 0.05) is 84.1 Å². The highest BCUT2D eigenvalue weighted by Gasteiger charge is 2.49. The summed E-state index contributed by atoms with van der Waals surface area (Å²) >= 11 is 0. The van der Waals surface area contributed by atoms with Crippen LogP contribution in [0.15, 0.2) is 356 Å². The van der Waals surface area contributed by atoms with E-state index in [2.05, 4.69) is 388 Å². The van der Waals surface area contributed by atoms with Gasteiger partial charge in [-0.3, -0.25) is 0 Å². The van der Waals surface area contributed by atoms with Gasteiger partial charge in [-0.2, -0.15) is 0 Å². The number of para-hydroxylation sites is 4. The third-order valence-electron chi connectivity index (χ3n) is 28.5. The molecule has 578 valence electrons. The molecular formula is C114H99BN4. The quantitative estimate of drug-likeness (QED) is 0.120. The molecule has 4 heterocycles. The zero-order valence-corrected chi connectivity index (χ0v) is 69.2. The number of rotatable bonds is 11. The number of benzene rings is 13. The molecule has 6 aliphatic carbocycles. The maximum absolute atomic E-state index is 2.85. The molecule has 2 fully saturated rings. The van der Waals surface area contributed by atoms with Crippen LogP contribution in [0.5, 0.6) is 0 Å². The molecule has 2 aliphatic heterocycles. The van der Waals surface area contributed by atoms with Gasteiger partial charge < -0.3 is 18.9 Å². The monoisotopic (exact) mass is 1530 g/mol. The third kappa shape index (κ3) is 11.7. The van der Waals surface area contributed by atoms with E-state index in [9.17, 15) is 0 Å². The van der Waals surface area contributed by atoms with E-state index in [0.29, 0.717) is 17.8 Å². The number of fused-ring (bicyclic) bond motifs is 10. The van der Waals surface area contributed by atoms with Gasteiger partial charge in [0.1, 0.15) is 0 Å². The molecule has 2 saturated carbocycles. The molecule has 0 spiro atoms. The predicted molar refractivity (Wildman–Crippen MR) is 505 cm³/mol. The summed E-state index contributed by atoms with van der Waals surface area (Å²) < 4.78 is 5.17. The molecule has 23 rings (SSSR count). The first kappa shape index (κ1) is 71.8. The van der Waals surface area contributed by atoms with Gasteiger partial charge in [-0.15, -0.1) is 0 Å². The molecule has 119 heavy (non-hydrogen) atoms. The molecule has 8 aliphatic rings. The molecule has 0 bridgehead atoms. The Morgan fingerprint density at radius 2 is 0.756 bits per heavy atom. The zero-order chi connectivity index (χ0) is 79.5. The van der Waals surface area contributed by atoms with Crippen molar-refractivity contribution in [2.45, 2.75) is 124 Å². The summed E-state index contributed by atoms with van der Waals surface area (Å²) in [7, 11) is 0. The van der Waals surface area contributed by atoms with Crippen molar-refractivity contribution in [3.63, 3.8) is 0 Å². The van der Waals surface area contributed by atoms with Crippen LogP contribution in [0.3, 0.4) is 0 Å². The highest BCUT2D eigenvalue weighted by molar-refractivity contribution is 7.00. The van der Waals surface area contributed by atoms with Crippen molar-refractivity contribution in [3.8, 4) is 55.9 Å². The van der Waals surface area contributed by atoms with E-state index >= 15 is 0 Å². The van der Waals surface area contributed by atoms with Crippen LogP contribution in [-0.4, -0.2) is 15.8 Å². The topological polar surface area (TPSA) is 16.3 Å². The molecule has 0 N–H and O–H groups in total. The molecule has 3 atom stereocenters. The average molecular weight is 1540 g/mol. The van der Waals surface area contributed by atoms with Crippen molar-refractivity contribution in [1.29, 1.82) is 0 Å². The molecule has 13 aromatic carbocycles. The SMILES string of the molecule is CC(C)(C)C1=CC2=CC(c3ccc4c(c3)N(c3c(-c5ccccc5)cc(C5CCCCC5)cc3-c3ccccc3)c3cc(-n5c6ccccc6c6ccccc65)cc5c3B4c3ccc(-n4c6ccccc6c6ccccc64)cc3N5c3c(-c4ccccc4)cc(C4CCCCC4)cc3-c3ccccc3)=C3C=C(C(C)(C)C)CC4C=CC(=C1)C2C34. The first-order chi connectivity index (χ1) is 58.3. The van der Waals surface area contributed by atoms with Crippen LogP contribution in [0.2, 0.25) is 0 Å². The highest BCUT2D eigenvalue weighted by atomic mass is 15.2. The molecular weight excluding hydrogens is 1440 g/mol. The van der Waals surface area contributed by atoms with Crippen LogP contribution in [0, 0.1) is 28.6 Å². The van der Waals surface area contributed by atoms with E-state index in [0.717, 1.165) is 29.2 Å². The second-order valence-corrected chi connectivity index (χ2v) is 37.5. The van der Waals surface area contributed by atoms with Gasteiger partial charge in [0.15, 0.2) is 0 Å². The molecule has 3 unspecified atom stereocenters. The summed E-state index contributed by atoms with van der Waals surface area (Å²) in [6.07, 6.45) is 28.9. The van der Waals surface area contributed by atoms with E-state index in [4.69, 9.17) is 0 Å². The zero-order valence-electron chi connectivity index (χ0n) is 69.2. The van der Waals surface area contributed by atoms with Crippen LogP contribution in [-0.2, 0) is 0 Å². The van der Waals surface area contributed by atoms with Crippen molar-refractivity contribution in [3.05, 3.63) is 372 Å². The van der Waals surface area contributed by atoms with Crippen LogP contribution >= 0.6 is 0 Å². The molecule has 0 saturated heterocycles. The first-order valence-electron chi connectivity index (χ1n) is 44.2. The fourth-order valence-corrected chi connectivity index (χ4v) is 22.8. The second kappa shape index (κ2) is 28.1. The lowest BCUT2D eigenvalue weighted by Gasteiger charge is -2.48. The van der Waals surface area contributed by atoms with Crippen molar-refractivity contribution in [2.75, 3.05) is 9.80 Å². The Morgan fingerprint density at radius 1 is 0.345 bits per heavy atom. The summed E-state index contributed by atoms with van der Waals surface area (Å²) in [5.74, 6) is 1.78. The van der Waals surface area contributed by atoms with E-state index in [1.807, 2.05) is 0 Å². The fraction of sp³-hybridized carbons (Fsp3) is 0.211. The van der Waals surface area contributed by atoms with Gasteiger partial charge in [-0.25, -0.2) is 0 Å². The molecule has 15 aromatic rings. The Hall–Kier alpha value is -12.4. The Labute approximate surface area is 701 Å². The van der Waals surface area contributed by atoms with Crippen LogP contribution in [0.1, 0.15) is 141 Å². The number of hydrogen-bond donors (Lipinski definition) is 0. The minimum atomic E-state index is -0.264. The fourth-order valence-electron chi connectivity index (χ4n) is 22.8. The Morgan fingerprint density at radius 3 is 1.20 bits per heavy atom. The van der Waals surface area contributed by atoms with Gasteiger partial charge in [0.2, 0.25) is 0 Å². The Kier molecular flexibility index (Phi) is 17.0. The number of aromatic nitrogens is 2. The van der Waals surface area contributed by atoms with Gasteiger partial charge in [-0.05, 0) is 223 Å². The third-order valence-corrected chi connectivity index (χ3v) is 28.5. The molecule has 0 radical (unpaired) electrons. The summed E-state index contributed by atoms with van der Waals surface area (Å²) in [4.78, 5) is 5.67. The summed E-state index contributed by atoms with van der Waals surface area (Å²) in [6.45, 7) is 14.2. The van der Waals surface area contributed by atoms with Gasteiger partial charge >= 0.3 is 0 Å². The van der Waals surface area contributed by atoms with Crippen LogP contribution < -0.4 is 26.2 Å². The van der Waals surface area contributed by atoms with Crippen LogP contribution in [0.4, 0.5) is 34.1 Å². The number of allylic oxidation sites excluding steroid dienone is 12. The summed E-state index contributed by atoms with van der Waals surface area (Å²) in [6, 6.07) is 114. The van der Waals surface area contributed by atoms with Crippen molar-refractivity contribution < 1.29 is 0 Å². The normalized spacial score (nSPS) is 18.4. The van der Waals surface area contributed by atoms with E-state index in [1.165, 1.54) is 242 Å². The maximum atomic E-state index is 2.85. The minimum absolute atomic E-state index is 0.0265. The van der Waals surface area contributed by atoms with E-state index < -0.39 is 0 Å². The summed E-state index contributed by atoms with van der Waals surface area (Å²) in [5, 5.41) is 4.95. The molecule has 4 nitrogen and oxygen atoms in total. The van der Waals surface area contributed by atoms with Crippen molar-refractivity contribution >= 4 is 106 Å². The van der Waals surface area contributed by atoms with E-state index in [-0.39, 0.29) is 29.4 Å². The lowest BCUT2D eigenvalue weighted by atomic mass is 9.33. The lowest BCUT2D eigenvalue weighted by Crippen LogP contribution is -2.61. The number of anilines is 6. The largest absolute Gasteiger partial charge is 0.310 e. The molecule has 5 heteroatoms. The van der Waals surface area contributed by atoms with Gasteiger partial charge in [0.25, 0.3) is 6.71 Å². The number of nitrogens with zero attached hydrogens (tertiary/aromatic N) is 4. The molecule has 0 amide bonds. The average Bonchev–Trinajstić information content (AvgIpc) is 1.01. The minimum Gasteiger partial charge on any atom is -0.310 e. The van der Waals surface area contributed by atoms with E-state index in [1.54, 1.807) is 0 Å². The van der Waals surface area contributed by atoms with Gasteiger partial charge in [-0.1, -0.05) is 334 Å². The first-order valence-corrected chi connectivity index (χ1v) is 44.2. The van der Waals surface area contributed by atoms with Crippen molar-refractivity contribution in [1.82, 2.24) is 9.13 Å². The molecule has 2 aromatic heterocycles. The van der Waals surface area contributed by atoms with Crippen LogP contribution in [0.25, 0.3) is 105 Å². The maximum Gasteiger partial charge on any atom is 0.252 e.